The standard InChI is InChI=1S/C20H17N5O2S/c1-28(26,27)16-7-5-15(6-8-16)24-19-12-14(9-11-22-19)17-13-23-25-20(17)18-4-2-3-10-21-18/h2-13H,1H3,(H,22,24)(H,23,25). The zero-order valence-electron chi connectivity index (χ0n) is 15.0. The highest BCUT2D eigenvalue weighted by molar-refractivity contribution is 7.90. The van der Waals surface area contributed by atoms with E-state index in [2.05, 4.69) is 25.5 Å². The van der Waals surface area contributed by atoms with Gasteiger partial charge < -0.3 is 5.32 Å². The highest BCUT2D eigenvalue weighted by Crippen LogP contribution is 2.30. The first-order valence-corrected chi connectivity index (χ1v) is 10.4. The van der Waals surface area contributed by atoms with Gasteiger partial charge in [-0.1, -0.05) is 6.07 Å². The van der Waals surface area contributed by atoms with Crippen molar-refractivity contribution in [2.45, 2.75) is 4.90 Å². The SMILES string of the molecule is CS(=O)(=O)c1ccc(Nc2cc(-c3c[nH]nc3-c3ccccn3)ccn2)cc1. The van der Waals surface area contributed by atoms with Gasteiger partial charge in [0, 0.05) is 36.1 Å². The van der Waals surface area contributed by atoms with Gasteiger partial charge in [-0.15, -0.1) is 0 Å². The van der Waals surface area contributed by atoms with Crippen molar-refractivity contribution in [3.8, 4) is 22.5 Å². The number of hydrogen-bond donors (Lipinski definition) is 2. The van der Waals surface area contributed by atoms with Crippen LogP contribution in [0.15, 0.2) is 78.1 Å². The largest absolute Gasteiger partial charge is 0.340 e. The Kier molecular flexibility index (Phi) is 4.62. The van der Waals surface area contributed by atoms with Crippen molar-refractivity contribution in [1.29, 1.82) is 0 Å². The molecule has 0 aliphatic rings. The van der Waals surface area contributed by atoms with Crippen LogP contribution in [-0.4, -0.2) is 34.8 Å². The van der Waals surface area contributed by atoms with Crippen LogP contribution < -0.4 is 5.32 Å². The lowest BCUT2D eigenvalue weighted by Gasteiger charge is -2.08. The first-order chi connectivity index (χ1) is 13.5. The van der Waals surface area contributed by atoms with Gasteiger partial charge >= 0.3 is 0 Å². The molecule has 0 saturated carbocycles. The van der Waals surface area contributed by atoms with Gasteiger partial charge in [0.05, 0.1) is 10.6 Å². The maximum absolute atomic E-state index is 11.6. The van der Waals surface area contributed by atoms with E-state index in [1.807, 2.05) is 36.5 Å². The van der Waals surface area contributed by atoms with E-state index >= 15 is 0 Å². The molecule has 0 unspecified atom stereocenters. The number of anilines is 2. The Hall–Kier alpha value is -3.52. The first kappa shape index (κ1) is 17.9. The van der Waals surface area contributed by atoms with E-state index in [-0.39, 0.29) is 4.90 Å². The fourth-order valence-electron chi connectivity index (χ4n) is 2.81. The predicted octanol–water partition coefficient (Wildman–Crippen LogP) is 3.68. The van der Waals surface area contributed by atoms with Crippen molar-refractivity contribution >= 4 is 21.3 Å². The molecule has 3 heterocycles. The number of nitrogens with zero attached hydrogens (tertiary/aromatic N) is 3. The molecule has 7 nitrogen and oxygen atoms in total. The Bertz CT molecular complexity index is 1200. The van der Waals surface area contributed by atoms with E-state index in [1.54, 1.807) is 36.7 Å². The Morgan fingerprint density at radius 2 is 1.79 bits per heavy atom. The minimum Gasteiger partial charge on any atom is -0.340 e. The molecule has 0 spiro atoms. The topological polar surface area (TPSA) is 101 Å². The number of hydrogen-bond acceptors (Lipinski definition) is 6. The van der Waals surface area contributed by atoms with E-state index in [0.717, 1.165) is 28.2 Å². The third-order valence-electron chi connectivity index (χ3n) is 4.17. The molecule has 4 rings (SSSR count). The van der Waals surface area contributed by atoms with Gasteiger partial charge in [-0.25, -0.2) is 13.4 Å². The Morgan fingerprint density at radius 3 is 2.50 bits per heavy atom. The molecule has 0 amide bonds. The lowest BCUT2D eigenvalue weighted by Crippen LogP contribution is -1.98. The fraction of sp³-hybridized carbons (Fsp3) is 0.0500. The van der Waals surface area contributed by atoms with Gasteiger partial charge in [0.2, 0.25) is 0 Å². The number of H-pyrrole nitrogens is 1. The Balaban J connectivity index is 1.62. The van der Waals surface area contributed by atoms with Crippen LogP contribution in [0.5, 0.6) is 0 Å². The van der Waals surface area contributed by atoms with E-state index < -0.39 is 9.84 Å². The molecule has 0 atom stereocenters. The number of sulfone groups is 1. The normalized spacial score (nSPS) is 11.3. The summed E-state index contributed by atoms with van der Waals surface area (Å²) in [4.78, 5) is 8.98. The number of pyridine rings is 2. The van der Waals surface area contributed by atoms with Gasteiger partial charge in [-0.2, -0.15) is 5.10 Å². The highest BCUT2D eigenvalue weighted by atomic mass is 32.2. The van der Waals surface area contributed by atoms with E-state index in [9.17, 15) is 8.42 Å². The van der Waals surface area contributed by atoms with Gasteiger partial charge in [0.15, 0.2) is 9.84 Å². The Morgan fingerprint density at radius 1 is 0.964 bits per heavy atom. The van der Waals surface area contributed by atoms with Crippen LogP contribution in [0.25, 0.3) is 22.5 Å². The zero-order chi connectivity index (χ0) is 19.6. The third kappa shape index (κ3) is 3.77. The monoisotopic (exact) mass is 391 g/mol. The van der Waals surface area contributed by atoms with Crippen molar-refractivity contribution in [1.82, 2.24) is 20.2 Å². The average molecular weight is 391 g/mol. The molecule has 3 aromatic heterocycles. The lowest BCUT2D eigenvalue weighted by atomic mass is 10.1. The van der Waals surface area contributed by atoms with Crippen LogP contribution in [0.1, 0.15) is 0 Å². The summed E-state index contributed by atoms with van der Waals surface area (Å²) in [5, 5.41) is 10.4. The molecule has 0 aliphatic carbocycles. The summed E-state index contributed by atoms with van der Waals surface area (Å²) < 4.78 is 23.2. The molecule has 0 saturated heterocycles. The minimum atomic E-state index is -3.22. The second-order valence-corrected chi connectivity index (χ2v) is 8.23. The van der Waals surface area contributed by atoms with E-state index in [0.29, 0.717) is 5.82 Å². The molecule has 0 radical (unpaired) electrons. The smallest absolute Gasteiger partial charge is 0.175 e. The molecule has 0 bridgehead atoms. The van der Waals surface area contributed by atoms with Crippen LogP contribution in [0, 0.1) is 0 Å². The summed E-state index contributed by atoms with van der Waals surface area (Å²) >= 11 is 0. The summed E-state index contributed by atoms with van der Waals surface area (Å²) in [6.45, 7) is 0. The van der Waals surface area contributed by atoms with Crippen LogP contribution >= 0.6 is 0 Å². The number of aromatic amines is 1. The molecule has 140 valence electrons. The summed E-state index contributed by atoms with van der Waals surface area (Å²) in [7, 11) is -3.22. The number of nitrogens with one attached hydrogen (secondary N) is 2. The quantitative estimate of drug-likeness (QED) is 0.538. The number of rotatable bonds is 5. The second-order valence-electron chi connectivity index (χ2n) is 6.21. The molecule has 28 heavy (non-hydrogen) atoms. The molecule has 2 N–H and O–H groups in total. The highest BCUT2D eigenvalue weighted by Gasteiger charge is 2.12. The molecule has 4 aromatic rings. The number of aromatic nitrogens is 4. The molecular formula is C20H17N5O2S. The van der Waals surface area contributed by atoms with E-state index in [1.165, 1.54) is 6.26 Å². The van der Waals surface area contributed by atoms with Crippen molar-refractivity contribution in [2.24, 2.45) is 0 Å². The fourth-order valence-corrected chi connectivity index (χ4v) is 3.44. The zero-order valence-corrected chi connectivity index (χ0v) is 15.8. The van der Waals surface area contributed by atoms with Gasteiger partial charge in [-0.05, 0) is 54.1 Å². The maximum Gasteiger partial charge on any atom is 0.175 e. The molecule has 0 aliphatic heterocycles. The van der Waals surface area contributed by atoms with Crippen molar-refractivity contribution < 1.29 is 8.42 Å². The van der Waals surface area contributed by atoms with Crippen LogP contribution in [0.3, 0.4) is 0 Å². The van der Waals surface area contributed by atoms with E-state index in [4.69, 9.17) is 0 Å². The molecule has 1 aromatic carbocycles. The van der Waals surface area contributed by atoms with Gasteiger partial charge in [-0.3, -0.25) is 10.1 Å². The summed E-state index contributed by atoms with van der Waals surface area (Å²) in [6.07, 6.45) is 6.44. The van der Waals surface area contributed by atoms with Crippen molar-refractivity contribution in [2.75, 3.05) is 11.6 Å². The average Bonchev–Trinajstić information content (AvgIpc) is 3.19. The maximum atomic E-state index is 11.6. The number of benzene rings is 1. The van der Waals surface area contributed by atoms with Gasteiger partial charge in [0.1, 0.15) is 11.5 Å². The van der Waals surface area contributed by atoms with Crippen LogP contribution in [-0.2, 0) is 9.84 Å². The summed E-state index contributed by atoms with van der Waals surface area (Å²) in [6, 6.07) is 16.0. The second kappa shape index (κ2) is 7.24. The van der Waals surface area contributed by atoms with Crippen molar-refractivity contribution in [3.63, 3.8) is 0 Å². The molecular weight excluding hydrogens is 374 g/mol. The first-order valence-electron chi connectivity index (χ1n) is 8.49. The summed E-state index contributed by atoms with van der Waals surface area (Å²) in [5.41, 5.74) is 4.13. The van der Waals surface area contributed by atoms with Crippen LogP contribution in [0.4, 0.5) is 11.5 Å². The minimum absolute atomic E-state index is 0.276. The lowest BCUT2D eigenvalue weighted by molar-refractivity contribution is 0.602. The predicted molar refractivity (Wildman–Crippen MR) is 108 cm³/mol. The third-order valence-corrected chi connectivity index (χ3v) is 5.30. The van der Waals surface area contributed by atoms with Gasteiger partial charge in [0.25, 0.3) is 0 Å². The van der Waals surface area contributed by atoms with Crippen LogP contribution in [0.2, 0.25) is 0 Å². The Labute approximate surface area is 162 Å². The summed E-state index contributed by atoms with van der Waals surface area (Å²) in [5.74, 6) is 0.637. The van der Waals surface area contributed by atoms with Crippen molar-refractivity contribution in [3.05, 3.63) is 73.2 Å². The molecule has 8 heteroatoms. The molecule has 0 fully saturated rings.